The van der Waals surface area contributed by atoms with Crippen molar-refractivity contribution >= 4 is 23.4 Å². The highest BCUT2D eigenvalue weighted by Crippen LogP contribution is 2.38. The van der Waals surface area contributed by atoms with E-state index in [4.69, 9.17) is 16.3 Å². The van der Waals surface area contributed by atoms with E-state index < -0.39 is 0 Å². The molecular formula is C27H27ClN2O3. The summed E-state index contributed by atoms with van der Waals surface area (Å²) < 4.78 is 5.40. The third kappa shape index (κ3) is 5.37. The summed E-state index contributed by atoms with van der Waals surface area (Å²) in [6.45, 7) is 0.762. The largest absolute Gasteiger partial charge is 0.496 e. The fourth-order valence-electron chi connectivity index (χ4n) is 4.46. The number of benzene rings is 3. The number of hydrogen-bond donors (Lipinski definition) is 1. The van der Waals surface area contributed by atoms with Gasteiger partial charge in [0.25, 0.3) is 0 Å². The smallest absolute Gasteiger partial charge is 0.225 e. The second-order valence-electron chi connectivity index (χ2n) is 8.18. The highest BCUT2D eigenvalue weighted by Gasteiger charge is 2.40. The molecule has 1 heterocycles. The molecular weight excluding hydrogens is 436 g/mol. The van der Waals surface area contributed by atoms with Gasteiger partial charge in [-0.05, 0) is 35.7 Å². The molecule has 1 fully saturated rings. The number of piperidine rings is 1. The lowest BCUT2D eigenvalue weighted by Gasteiger charge is -2.41. The number of carbonyl (C=O) groups is 2. The molecule has 170 valence electrons. The number of methoxy groups -OCH3 is 1. The second-order valence-corrected chi connectivity index (χ2v) is 8.62. The normalized spacial score (nSPS) is 18.1. The van der Waals surface area contributed by atoms with E-state index in [9.17, 15) is 9.59 Å². The Labute approximate surface area is 199 Å². The zero-order valence-electron chi connectivity index (χ0n) is 18.5. The summed E-state index contributed by atoms with van der Waals surface area (Å²) in [5, 5.41) is 3.64. The average molecular weight is 463 g/mol. The summed E-state index contributed by atoms with van der Waals surface area (Å²) in [5.41, 5.74) is 2.81. The van der Waals surface area contributed by atoms with Crippen LogP contribution in [-0.4, -0.2) is 23.8 Å². The van der Waals surface area contributed by atoms with Gasteiger partial charge in [-0.2, -0.15) is 0 Å². The van der Waals surface area contributed by atoms with E-state index in [0.29, 0.717) is 36.7 Å². The van der Waals surface area contributed by atoms with Crippen molar-refractivity contribution in [1.29, 1.82) is 0 Å². The molecule has 2 atom stereocenters. The minimum absolute atomic E-state index is 0.0632. The number of ether oxygens (including phenoxy) is 1. The number of nitrogens with one attached hydrogen (secondary N) is 1. The van der Waals surface area contributed by atoms with Gasteiger partial charge in [0.2, 0.25) is 11.8 Å². The Balaban J connectivity index is 1.59. The van der Waals surface area contributed by atoms with E-state index in [1.54, 1.807) is 25.3 Å². The molecule has 33 heavy (non-hydrogen) atoms. The first-order valence-corrected chi connectivity index (χ1v) is 11.4. The SMILES string of the molecule is COc1ccc(Cl)cc1CNC(=O)C1CCC(=O)N(Cc2ccccc2)C1c1ccccc1. The molecule has 0 saturated carbocycles. The number of carbonyl (C=O) groups excluding carboxylic acids is 2. The summed E-state index contributed by atoms with van der Waals surface area (Å²) in [5.74, 6) is 0.285. The van der Waals surface area contributed by atoms with Crippen LogP contribution >= 0.6 is 11.6 Å². The van der Waals surface area contributed by atoms with E-state index in [1.807, 2.05) is 65.6 Å². The topological polar surface area (TPSA) is 58.6 Å². The molecule has 3 aromatic carbocycles. The lowest BCUT2D eigenvalue weighted by molar-refractivity contribution is -0.144. The zero-order chi connectivity index (χ0) is 23.2. The van der Waals surface area contributed by atoms with Gasteiger partial charge >= 0.3 is 0 Å². The molecule has 3 aromatic rings. The molecule has 0 bridgehead atoms. The maximum Gasteiger partial charge on any atom is 0.225 e. The van der Waals surface area contributed by atoms with Crippen molar-refractivity contribution in [2.24, 2.45) is 5.92 Å². The maximum absolute atomic E-state index is 13.4. The van der Waals surface area contributed by atoms with Crippen LogP contribution in [0.15, 0.2) is 78.9 Å². The number of halogens is 1. The second kappa shape index (κ2) is 10.5. The number of likely N-dealkylation sites (tertiary alicyclic amines) is 1. The van der Waals surface area contributed by atoms with Gasteiger partial charge in [0.05, 0.1) is 19.1 Å². The fraction of sp³-hybridized carbons (Fsp3) is 0.259. The quantitative estimate of drug-likeness (QED) is 0.528. The van der Waals surface area contributed by atoms with Gasteiger partial charge < -0.3 is 15.0 Å². The van der Waals surface area contributed by atoms with Crippen LogP contribution in [0.25, 0.3) is 0 Å². The summed E-state index contributed by atoms with van der Waals surface area (Å²) in [6.07, 6.45) is 0.844. The van der Waals surface area contributed by atoms with Crippen molar-refractivity contribution in [3.63, 3.8) is 0 Å². The van der Waals surface area contributed by atoms with Crippen LogP contribution in [0.3, 0.4) is 0 Å². The third-order valence-corrected chi connectivity index (χ3v) is 6.31. The lowest BCUT2D eigenvalue weighted by Crippen LogP contribution is -2.47. The van der Waals surface area contributed by atoms with E-state index in [1.165, 1.54) is 0 Å². The van der Waals surface area contributed by atoms with Crippen LogP contribution < -0.4 is 10.1 Å². The van der Waals surface area contributed by atoms with Crippen LogP contribution in [0.5, 0.6) is 5.75 Å². The Morgan fingerprint density at radius 3 is 2.45 bits per heavy atom. The Morgan fingerprint density at radius 2 is 1.76 bits per heavy atom. The van der Waals surface area contributed by atoms with Gasteiger partial charge in [-0.1, -0.05) is 72.3 Å². The summed E-state index contributed by atoms with van der Waals surface area (Å²) in [7, 11) is 1.59. The lowest BCUT2D eigenvalue weighted by atomic mass is 9.83. The first-order chi connectivity index (χ1) is 16.1. The van der Waals surface area contributed by atoms with Crippen LogP contribution in [-0.2, 0) is 22.7 Å². The molecule has 1 aliphatic rings. The minimum atomic E-state index is -0.362. The van der Waals surface area contributed by atoms with Crippen molar-refractivity contribution in [3.05, 3.63) is 101 Å². The molecule has 5 nitrogen and oxygen atoms in total. The van der Waals surface area contributed by atoms with Crippen LogP contribution in [0.1, 0.15) is 35.6 Å². The van der Waals surface area contributed by atoms with Crippen LogP contribution in [0.4, 0.5) is 0 Å². The Kier molecular flexibility index (Phi) is 7.30. The molecule has 1 aliphatic heterocycles. The van der Waals surface area contributed by atoms with Crippen molar-refractivity contribution < 1.29 is 14.3 Å². The van der Waals surface area contributed by atoms with Crippen molar-refractivity contribution in [3.8, 4) is 5.75 Å². The molecule has 2 amide bonds. The molecule has 1 saturated heterocycles. The number of rotatable bonds is 7. The van der Waals surface area contributed by atoms with Gasteiger partial charge in [-0.15, -0.1) is 0 Å². The zero-order valence-corrected chi connectivity index (χ0v) is 19.3. The van der Waals surface area contributed by atoms with E-state index in [2.05, 4.69) is 5.32 Å². The van der Waals surface area contributed by atoms with Gasteiger partial charge in [0.1, 0.15) is 5.75 Å². The molecule has 0 spiro atoms. The van der Waals surface area contributed by atoms with Crippen LogP contribution in [0, 0.1) is 5.92 Å². The molecule has 4 rings (SSSR count). The molecule has 0 aromatic heterocycles. The van der Waals surface area contributed by atoms with Crippen molar-refractivity contribution in [1.82, 2.24) is 10.2 Å². The van der Waals surface area contributed by atoms with Gasteiger partial charge in [-0.25, -0.2) is 0 Å². The monoisotopic (exact) mass is 462 g/mol. The first-order valence-electron chi connectivity index (χ1n) is 11.1. The molecule has 1 N–H and O–H groups in total. The summed E-state index contributed by atoms with van der Waals surface area (Å²) in [4.78, 5) is 28.3. The summed E-state index contributed by atoms with van der Waals surface area (Å²) >= 11 is 6.14. The highest BCUT2D eigenvalue weighted by atomic mass is 35.5. The average Bonchev–Trinajstić information content (AvgIpc) is 2.85. The molecule has 6 heteroatoms. The van der Waals surface area contributed by atoms with Gasteiger partial charge in [0, 0.05) is 30.1 Å². The van der Waals surface area contributed by atoms with E-state index in [-0.39, 0.29) is 23.8 Å². The Hall–Kier alpha value is -3.31. The van der Waals surface area contributed by atoms with E-state index in [0.717, 1.165) is 16.7 Å². The van der Waals surface area contributed by atoms with E-state index >= 15 is 0 Å². The number of hydrogen-bond acceptors (Lipinski definition) is 3. The predicted molar refractivity (Wildman–Crippen MR) is 129 cm³/mol. The summed E-state index contributed by atoms with van der Waals surface area (Å²) in [6, 6.07) is 24.7. The fourth-order valence-corrected chi connectivity index (χ4v) is 4.65. The highest BCUT2D eigenvalue weighted by molar-refractivity contribution is 6.30. The Bertz CT molecular complexity index is 1100. The number of nitrogens with zero attached hydrogens (tertiary/aromatic N) is 1. The van der Waals surface area contributed by atoms with Crippen molar-refractivity contribution in [2.45, 2.75) is 32.0 Å². The standard InChI is InChI=1S/C27H27ClN2O3/c1-33-24-14-12-22(28)16-21(24)17-29-27(32)23-13-15-25(31)30(18-19-8-4-2-5-9-19)26(23)20-10-6-3-7-11-20/h2-12,14,16,23,26H,13,15,17-18H2,1H3,(H,29,32). The van der Waals surface area contributed by atoms with Gasteiger partial charge in [0.15, 0.2) is 0 Å². The number of amides is 2. The first kappa shape index (κ1) is 22.9. The van der Waals surface area contributed by atoms with Crippen molar-refractivity contribution in [2.75, 3.05) is 7.11 Å². The van der Waals surface area contributed by atoms with Gasteiger partial charge in [-0.3, -0.25) is 9.59 Å². The minimum Gasteiger partial charge on any atom is -0.496 e. The third-order valence-electron chi connectivity index (χ3n) is 6.08. The van der Waals surface area contributed by atoms with Crippen LogP contribution in [0.2, 0.25) is 5.02 Å². The maximum atomic E-state index is 13.4. The molecule has 0 aliphatic carbocycles. The molecule has 0 radical (unpaired) electrons. The molecule has 2 unspecified atom stereocenters. The Morgan fingerprint density at radius 1 is 1.06 bits per heavy atom. The predicted octanol–water partition coefficient (Wildman–Crippen LogP) is 5.14.